The fourth-order valence-electron chi connectivity index (χ4n) is 1.54. The lowest BCUT2D eigenvalue weighted by Gasteiger charge is -2.33. The molecule has 1 aliphatic heterocycles. The quantitative estimate of drug-likeness (QED) is 0.633. The Kier molecular flexibility index (Phi) is 3.88. The summed E-state index contributed by atoms with van der Waals surface area (Å²) in [5, 5.41) is 0. The van der Waals surface area contributed by atoms with E-state index in [4.69, 9.17) is 5.73 Å². The largest absolute Gasteiger partial charge is 0.332 e. The van der Waals surface area contributed by atoms with Crippen LogP contribution >= 0.6 is 0 Å². The van der Waals surface area contributed by atoms with Crippen LogP contribution in [-0.2, 0) is 9.59 Å². The second kappa shape index (κ2) is 4.95. The topological polar surface area (TPSA) is 66.6 Å². The highest BCUT2D eigenvalue weighted by Gasteiger charge is 2.28. The van der Waals surface area contributed by atoms with Gasteiger partial charge in [-0.1, -0.05) is 6.92 Å². The summed E-state index contributed by atoms with van der Waals surface area (Å²) in [5.41, 5.74) is 5.34. The minimum atomic E-state index is 0.00324. The fraction of sp³-hybridized carbons (Fsp3) is 0.778. The van der Waals surface area contributed by atoms with E-state index >= 15 is 0 Å². The van der Waals surface area contributed by atoms with Gasteiger partial charge in [0.1, 0.15) is 0 Å². The summed E-state index contributed by atoms with van der Waals surface area (Å²) < 4.78 is 0. The third-order valence-corrected chi connectivity index (χ3v) is 2.25. The summed E-state index contributed by atoms with van der Waals surface area (Å²) in [6.45, 7) is 3.95. The highest BCUT2D eigenvalue weighted by Crippen LogP contribution is 2.04. The smallest absolute Gasteiger partial charge is 0.242 e. The molecule has 0 saturated carbocycles. The highest BCUT2D eigenvalue weighted by atomic mass is 16.2. The lowest BCUT2D eigenvalue weighted by atomic mass is 10.2. The number of nitrogens with zero attached hydrogens (tertiary/aromatic N) is 2. The summed E-state index contributed by atoms with van der Waals surface area (Å²) >= 11 is 0. The first-order valence-electron chi connectivity index (χ1n) is 4.94. The highest BCUT2D eigenvalue weighted by molar-refractivity contribution is 5.92. The van der Waals surface area contributed by atoms with E-state index in [1.807, 2.05) is 6.92 Å². The van der Waals surface area contributed by atoms with Crippen molar-refractivity contribution < 1.29 is 9.59 Å². The first kappa shape index (κ1) is 11.0. The van der Waals surface area contributed by atoms with E-state index in [1.165, 1.54) is 4.90 Å². The molecule has 0 aliphatic carbocycles. The predicted molar refractivity (Wildman–Crippen MR) is 52.5 cm³/mol. The molecule has 1 rings (SSSR count). The van der Waals surface area contributed by atoms with Gasteiger partial charge in [0.15, 0.2) is 0 Å². The Morgan fingerprint density at radius 3 is 2.07 bits per heavy atom. The number of hydrogen-bond acceptors (Lipinski definition) is 3. The molecule has 14 heavy (non-hydrogen) atoms. The Morgan fingerprint density at radius 1 is 1.14 bits per heavy atom. The van der Waals surface area contributed by atoms with Gasteiger partial charge in [-0.3, -0.25) is 9.59 Å². The molecule has 0 unspecified atom stereocenters. The maximum atomic E-state index is 11.5. The fourth-order valence-corrected chi connectivity index (χ4v) is 1.54. The summed E-state index contributed by atoms with van der Waals surface area (Å²) in [4.78, 5) is 26.1. The molecular formula is C9H17N3O2. The maximum absolute atomic E-state index is 11.5. The van der Waals surface area contributed by atoms with Gasteiger partial charge in [0, 0.05) is 19.6 Å². The average molecular weight is 199 g/mol. The molecule has 5 heteroatoms. The molecule has 80 valence electrons. The zero-order chi connectivity index (χ0) is 10.6. The Morgan fingerprint density at radius 2 is 1.64 bits per heavy atom. The Hall–Kier alpha value is -1.10. The number of amides is 2. The SMILES string of the molecule is CCCN1CC(=O)N(CCN)CC1=O. The van der Waals surface area contributed by atoms with Crippen molar-refractivity contribution in [2.45, 2.75) is 13.3 Å². The molecule has 1 fully saturated rings. The summed E-state index contributed by atoms with van der Waals surface area (Å²) in [6.07, 6.45) is 0.885. The van der Waals surface area contributed by atoms with Gasteiger partial charge in [-0.25, -0.2) is 0 Å². The molecule has 1 saturated heterocycles. The van der Waals surface area contributed by atoms with E-state index in [-0.39, 0.29) is 24.9 Å². The van der Waals surface area contributed by atoms with Crippen LogP contribution in [0.25, 0.3) is 0 Å². The zero-order valence-corrected chi connectivity index (χ0v) is 8.53. The normalized spacial score (nSPS) is 17.9. The molecule has 2 amide bonds. The molecule has 0 radical (unpaired) electrons. The summed E-state index contributed by atoms with van der Waals surface area (Å²) in [6, 6.07) is 0. The van der Waals surface area contributed by atoms with Crippen molar-refractivity contribution in [2.75, 3.05) is 32.7 Å². The van der Waals surface area contributed by atoms with Crippen molar-refractivity contribution in [3.05, 3.63) is 0 Å². The number of carbonyl (C=O) groups is 2. The van der Waals surface area contributed by atoms with Crippen LogP contribution < -0.4 is 5.73 Å². The maximum Gasteiger partial charge on any atom is 0.242 e. The molecule has 1 heterocycles. The first-order chi connectivity index (χ1) is 6.69. The molecule has 0 aromatic heterocycles. The van der Waals surface area contributed by atoms with E-state index in [0.717, 1.165) is 6.42 Å². The van der Waals surface area contributed by atoms with Crippen molar-refractivity contribution in [3.8, 4) is 0 Å². The molecular weight excluding hydrogens is 182 g/mol. The van der Waals surface area contributed by atoms with Gasteiger partial charge in [-0.05, 0) is 6.42 Å². The predicted octanol–water partition coefficient (Wildman–Crippen LogP) is -0.974. The van der Waals surface area contributed by atoms with Gasteiger partial charge >= 0.3 is 0 Å². The van der Waals surface area contributed by atoms with Gasteiger partial charge in [0.05, 0.1) is 13.1 Å². The Labute approximate surface area is 83.8 Å². The van der Waals surface area contributed by atoms with Crippen molar-refractivity contribution in [3.63, 3.8) is 0 Å². The standard InChI is InChI=1S/C9H17N3O2/c1-2-4-11-6-9(14)12(5-3-10)7-8(11)13/h2-7,10H2,1H3. The lowest BCUT2D eigenvalue weighted by molar-refractivity contribution is -0.149. The van der Waals surface area contributed by atoms with Crippen molar-refractivity contribution >= 4 is 11.8 Å². The van der Waals surface area contributed by atoms with Crippen LogP contribution in [0.5, 0.6) is 0 Å². The number of nitrogens with two attached hydrogens (primary N) is 1. The number of hydrogen-bond donors (Lipinski definition) is 1. The minimum absolute atomic E-state index is 0.00324. The van der Waals surface area contributed by atoms with E-state index in [2.05, 4.69) is 0 Å². The van der Waals surface area contributed by atoms with Crippen LogP contribution in [0.1, 0.15) is 13.3 Å². The van der Waals surface area contributed by atoms with Crippen molar-refractivity contribution in [1.29, 1.82) is 0 Å². The minimum Gasteiger partial charge on any atom is -0.332 e. The van der Waals surface area contributed by atoms with Crippen molar-refractivity contribution in [1.82, 2.24) is 9.80 Å². The molecule has 1 aliphatic rings. The first-order valence-corrected chi connectivity index (χ1v) is 4.94. The van der Waals surface area contributed by atoms with Crippen LogP contribution in [0.3, 0.4) is 0 Å². The third kappa shape index (κ3) is 2.45. The zero-order valence-electron chi connectivity index (χ0n) is 8.53. The Balaban J connectivity index is 2.53. The monoisotopic (exact) mass is 199 g/mol. The molecule has 2 N–H and O–H groups in total. The molecule has 5 nitrogen and oxygen atoms in total. The summed E-state index contributed by atoms with van der Waals surface area (Å²) in [7, 11) is 0. The third-order valence-electron chi connectivity index (χ3n) is 2.25. The van der Waals surface area contributed by atoms with Crippen molar-refractivity contribution in [2.24, 2.45) is 5.73 Å². The Bertz CT molecular complexity index is 206. The van der Waals surface area contributed by atoms with Crippen LogP contribution in [0.15, 0.2) is 0 Å². The van der Waals surface area contributed by atoms with Crippen LogP contribution in [0.2, 0.25) is 0 Å². The number of piperazine rings is 1. The van der Waals surface area contributed by atoms with Gasteiger partial charge < -0.3 is 15.5 Å². The molecule has 0 spiro atoms. The van der Waals surface area contributed by atoms with E-state index < -0.39 is 0 Å². The van der Waals surface area contributed by atoms with Crippen LogP contribution in [0, 0.1) is 0 Å². The van der Waals surface area contributed by atoms with Crippen LogP contribution in [0.4, 0.5) is 0 Å². The number of rotatable bonds is 4. The van der Waals surface area contributed by atoms with E-state index in [9.17, 15) is 9.59 Å². The van der Waals surface area contributed by atoms with Gasteiger partial charge in [-0.15, -0.1) is 0 Å². The molecule has 0 bridgehead atoms. The van der Waals surface area contributed by atoms with E-state index in [0.29, 0.717) is 19.6 Å². The lowest BCUT2D eigenvalue weighted by Crippen LogP contribution is -2.54. The number of carbonyl (C=O) groups excluding carboxylic acids is 2. The molecule has 0 atom stereocenters. The second-order valence-corrected chi connectivity index (χ2v) is 3.42. The van der Waals surface area contributed by atoms with Crippen LogP contribution in [-0.4, -0.2) is 54.3 Å². The second-order valence-electron chi connectivity index (χ2n) is 3.42. The average Bonchev–Trinajstić information content (AvgIpc) is 2.14. The molecule has 0 aromatic carbocycles. The van der Waals surface area contributed by atoms with E-state index in [1.54, 1.807) is 4.90 Å². The van der Waals surface area contributed by atoms with Gasteiger partial charge in [-0.2, -0.15) is 0 Å². The summed E-state index contributed by atoms with van der Waals surface area (Å²) in [5.74, 6) is 0.0309. The van der Waals surface area contributed by atoms with Gasteiger partial charge in [0.25, 0.3) is 0 Å². The molecule has 0 aromatic rings. The van der Waals surface area contributed by atoms with Gasteiger partial charge in [0.2, 0.25) is 11.8 Å².